The number of amides is 1. The van der Waals surface area contributed by atoms with Gasteiger partial charge in [-0.15, -0.1) is 0 Å². The molecule has 0 unspecified atom stereocenters. The highest BCUT2D eigenvalue weighted by Gasteiger charge is 2.07. The summed E-state index contributed by atoms with van der Waals surface area (Å²) in [6, 6.07) is 0.343. The van der Waals surface area contributed by atoms with Crippen LogP contribution < -0.4 is 10.6 Å². The number of hydrogen-bond donors (Lipinski definition) is 2. The molecule has 0 spiro atoms. The lowest BCUT2D eigenvalue weighted by molar-refractivity contribution is -0.122. The Balaban J connectivity index is 3.64. The lowest BCUT2D eigenvalue weighted by Gasteiger charge is -2.18. The summed E-state index contributed by atoms with van der Waals surface area (Å²) in [7, 11) is 0. The molecule has 0 aliphatic heterocycles. The van der Waals surface area contributed by atoms with Gasteiger partial charge in [0, 0.05) is 12.6 Å². The van der Waals surface area contributed by atoms with Gasteiger partial charge in [0.05, 0.1) is 6.54 Å². The van der Waals surface area contributed by atoms with E-state index in [2.05, 4.69) is 43.2 Å². The van der Waals surface area contributed by atoms with Gasteiger partial charge in [-0.25, -0.2) is 0 Å². The van der Waals surface area contributed by atoms with E-state index >= 15 is 0 Å². The molecule has 0 rings (SSSR count). The van der Waals surface area contributed by atoms with Gasteiger partial charge in [0.1, 0.15) is 0 Å². The first-order chi connectivity index (χ1) is 7.13. The molecular formula is C11H25N3O. The quantitative estimate of drug-likeness (QED) is 0.617. The molecule has 0 aromatic heterocycles. The number of carbonyl (C=O) groups is 1. The minimum Gasteiger partial charge on any atom is -0.353 e. The van der Waals surface area contributed by atoms with E-state index in [1.165, 1.54) is 0 Å². The summed E-state index contributed by atoms with van der Waals surface area (Å²) in [5, 5.41) is 6.18. The number of rotatable bonds is 8. The number of likely N-dealkylation sites (N-methyl/N-ethyl adjacent to an activating group) is 2. The zero-order chi connectivity index (χ0) is 11.7. The molecule has 0 aromatic carbocycles. The fourth-order valence-corrected chi connectivity index (χ4v) is 1.39. The van der Waals surface area contributed by atoms with Crippen molar-refractivity contribution in [2.24, 2.45) is 0 Å². The number of hydrogen-bond acceptors (Lipinski definition) is 3. The molecule has 0 saturated heterocycles. The van der Waals surface area contributed by atoms with Crippen LogP contribution in [0.25, 0.3) is 0 Å². The van der Waals surface area contributed by atoms with E-state index in [1.807, 2.05) is 0 Å². The first-order valence-electron chi connectivity index (χ1n) is 5.86. The molecule has 15 heavy (non-hydrogen) atoms. The van der Waals surface area contributed by atoms with Crippen LogP contribution in [0.2, 0.25) is 0 Å². The SMILES string of the molecule is CCN[C@H](C)CNC(=O)CN(CC)CC. The first-order valence-corrected chi connectivity index (χ1v) is 5.86. The van der Waals surface area contributed by atoms with Crippen molar-refractivity contribution in [1.29, 1.82) is 0 Å². The molecular weight excluding hydrogens is 190 g/mol. The molecule has 0 saturated carbocycles. The minimum atomic E-state index is 0.114. The maximum absolute atomic E-state index is 11.5. The summed E-state index contributed by atoms with van der Waals surface area (Å²) >= 11 is 0. The highest BCUT2D eigenvalue weighted by Crippen LogP contribution is 1.86. The van der Waals surface area contributed by atoms with E-state index < -0.39 is 0 Å². The molecule has 4 heteroatoms. The zero-order valence-corrected chi connectivity index (χ0v) is 10.5. The van der Waals surface area contributed by atoms with Crippen molar-refractivity contribution in [2.75, 3.05) is 32.7 Å². The molecule has 2 N–H and O–H groups in total. The van der Waals surface area contributed by atoms with Crippen molar-refractivity contribution < 1.29 is 4.79 Å². The maximum atomic E-state index is 11.5. The van der Waals surface area contributed by atoms with E-state index in [0.717, 1.165) is 19.6 Å². The Morgan fingerprint density at radius 2 is 1.87 bits per heavy atom. The molecule has 90 valence electrons. The summed E-state index contributed by atoms with van der Waals surface area (Å²) in [5.41, 5.74) is 0. The van der Waals surface area contributed by atoms with Gasteiger partial charge in [-0.05, 0) is 26.6 Å². The van der Waals surface area contributed by atoms with E-state index in [0.29, 0.717) is 19.1 Å². The van der Waals surface area contributed by atoms with Crippen LogP contribution in [0.5, 0.6) is 0 Å². The van der Waals surface area contributed by atoms with Crippen LogP contribution in [-0.4, -0.2) is 49.6 Å². The second-order valence-corrected chi connectivity index (χ2v) is 3.72. The van der Waals surface area contributed by atoms with Crippen LogP contribution in [-0.2, 0) is 4.79 Å². The molecule has 0 aromatic rings. The molecule has 0 heterocycles. The van der Waals surface area contributed by atoms with Crippen LogP contribution in [0.15, 0.2) is 0 Å². The summed E-state index contributed by atoms with van der Waals surface area (Å²) in [6.07, 6.45) is 0. The van der Waals surface area contributed by atoms with Gasteiger partial charge in [0.2, 0.25) is 5.91 Å². The summed E-state index contributed by atoms with van der Waals surface area (Å²) in [6.45, 7) is 12.3. The van der Waals surface area contributed by atoms with Crippen LogP contribution in [0.1, 0.15) is 27.7 Å². The van der Waals surface area contributed by atoms with Crippen molar-refractivity contribution in [3.63, 3.8) is 0 Å². The van der Waals surface area contributed by atoms with Crippen molar-refractivity contribution in [3.05, 3.63) is 0 Å². The van der Waals surface area contributed by atoms with Crippen LogP contribution in [0, 0.1) is 0 Å². The molecule has 0 radical (unpaired) electrons. The lowest BCUT2D eigenvalue weighted by atomic mass is 10.3. The Morgan fingerprint density at radius 1 is 1.27 bits per heavy atom. The third-order valence-corrected chi connectivity index (χ3v) is 2.42. The monoisotopic (exact) mass is 215 g/mol. The van der Waals surface area contributed by atoms with Gasteiger partial charge < -0.3 is 10.6 Å². The molecule has 0 aliphatic carbocycles. The smallest absolute Gasteiger partial charge is 0.234 e. The Hall–Kier alpha value is -0.610. The minimum absolute atomic E-state index is 0.114. The third-order valence-electron chi connectivity index (χ3n) is 2.42. The van der Waals surface area contributed by atoms with E-state index in [1.54, 1.807) is 0 Å². The second kappa shape index (κ2) is 8.68. The fraction of sp³-hybridized carbons (Fsp3) is 0.909. The predicted octanol–water partition coefficient (Wildman–Crippen LogP) is 0.442. The molecule has 0 fully saturated rings. The van der Waals surface area contributed by atoms with Gasteiger partial charge in [-0.1, -0.05) is 20.8 Å². The van der Waals surface area contributed by atoms with Crippen molar-refractivity contribution in [3.8, 4) is 0 Å². The standard InChI is InChI=1S/C11H25N3O/c1-5-12-10(4)8-13-11(15)9-14(6-2)7-3/h10,12H,5-9H2,1-4H3,(H,13,15)/t10-/m1/s1. The Kier molecular flexibility index (Phi) is 8.33. The lowest BCUT2D eigenvalue weighted by Crippen LogP contribution is -2.43. The average molecular weight is 215 g/mol. The van der Waals surface area contributed by atoms with E-state index in [-0.39, 0.29) is 5.91 Å². The van der Waals surface area contributed by atoms with Gasteiger partial charge in [-0.3, -0.25) is 9.69 Å². The summed E-state index contributed by atoms with van der Waals surface area (Å²) in [5.74, 6) is 0.114. The number of nitrogens with one attached hydrogen (secondary N) is 2. The van der Waals surface area contributed by atoms with Crippen molar-refractivity contribution in [1.82, 2.24) is 15.5 Å². The molecule has 4 nitrogen and oxygen atoms in total. The van der Waals surface area contributed by atoms with Gasteiger partial charge in [-0.2, -0.15) is 0 Å². The highest BCUT2D eigenvalue weighted by molar-refractivity contribution is 5.78. The van der Waals surface area contributed by atoms with Crippen molar-refractivity contribution in [2.45, 2.75) is 33.7 Å². The van der Waals surface area contributed by atoms with Crippen LogP contribution >= 0.6 is 0 Å². The second-order valence-electron chi connectivity index (χ2n) is 3.72. The van der Waals surface area contributed by atoms with Gasteiger partial charge >= 0.3 is 0 Å². The summed E-state index contributed by atoms with van der Waals surface area (Å²) < 4.78 is 0. The largest absolute Gasteiger partial charge is 0.353 e. The highest BCUT2D eigenvalue weighted by atomic mass is 16.2. The van der Waals surface area contributed by atoms with E-state index in [4.69, 9.17) is 0 Å². The predicted molar refractivity (Wildman–Crippen MR) is 63.9 cm³/mol. The number of carbonyl (C=O) groups excluding carboxylic acids is 1. The topological polar surface area (TPSA) is 44.4 Å². The fourth-order valence-electron chi connectivity index (χ4n) is 1.39. The zero-order valence-electron chi connectivity index (χ0n) is 10.5. The Bertz CT molecular complexity index is 169. The van der Waals surface area contributed by atoms with Crippen LogP contribution in [0.4, 0.5) is 0 Å². The van der Waals surface area contributed by atoms with Gasteiger partial charge in [0.15, 0.2) is 0 Å². The summed E-state index contributed by atoms with van der Waals surface area (Å²) in [4.78, 5) is 13.6. The molecule has 1 amide bonds. The third kappa shape index (κ3) is 7.33. The van der Waals surface area contributed by atoms with E-state index in [9.17, 15) is 4.79 Å². The molecule has 1 atom stereocenters. The first kappa shape index (κ1) is 14.4. The van der Waals surface area contributed by atoms with Gasteiger partial charge in [0.25, 0.3) is 0 Å². The number of nitrogens with zero attached hydrogens (tertiary/aromatic N) is 1. The normalized spacial score (nSPS) is 12.9. The molecule has 0 bridgehead atoms. The Labute approximate surface area is 93.4 Å². The Morgan fingerprint density at radius 3 is 2.33 bits per heavy atom. The average Bonchev–Trinajstić information content (AvgIpc) is 2.23. The van der Waals surface area contributed by atoms with Crippen molar-refractivity contribution >= 4 is 5.91 Å². The maximum Gasteiger partial charge on any atom is 0.234 e. The van der Waals surface area contributed by atoms with Crippen LogP contribution in [0.3, 0.4) is 0 Å². The molecule has 0 aliphatic rings.